The highest BCUT2D eigenvalue weighted by Crippen LogP contribution is 2.35. The first-order valence-electron chi connectivity index (χ1n) is 8.84. The van der Waals surface area contributed by atoms with E-state index in [9.17, 15) is 38.0 Å². The number of hydrogen-bond acceptors (Lipinski definition) is 7. The summed E-state index contributed by atoms with van der Waals surface area (Å²) >= 11 is 0. The lowest BCUT2D eigenvalue weighted by molar-refractivity contribution is -0.277. The molecule has 0 aliphatic carbocycles. The number of halogens is 4. The van der Waals surface area contributed by atoms with Crippen LogP contribution in [-0.4, -0.2) is 62.7 Å². The van der Waals surface area contributed by atoms with Crippen molar-refractivity contribution in [2.75, 3.05) is 6.61 Å². The van der Waals surface area contributed by atoms with Crippen molar-refractivity contribution in [1.29, 1.82) is 0 Å². The van der Waals surface area contributed by atoms with Crippen LogP contribution in [0.3, 0.4) is 0 Å². The van der Waals surface area contributed by atoms with Crippen molar-refractivity contribution in [2.45, 2.75) is 43.8 Å². The molecule has 2 heterocycles. The molecule has 1 aromatic heterocycles. The van der Waals surface area contributed by atoms with Crippen LogP contribution in [0.4, 0.5) is 17.6 Å². The van der Waals surface area contributed by atoms with Gasteiger partial charge in [-0.2, -0.15) is 17.6 Å². The molecule has 2 aromatic rings. The molecule has 164 valence electrons. The fourth-order valence-electron chi connectivity index (χ4n) is 3.06. The number of ether oxygens (including phenoxy) is 2. The van der Waals surface area contributed by atoms with Gasteiger partial charge in [0.15, 0.2) is 0 Å². The minimum atomic E-state index is -4.89. The fraction of sp³-hybridized carbons (Fsp3) is 0.421. The number of alkyl halides is 3. The topological polar surface area (TPSA) is 112 Å². The second kappa shape index (κ2) is 8.44. The van der Waals surface area contributed by atoms with Crippen molar-refractivity contribution in [3.63, 3.8) is 0 Å². The molecule has 4 N–H and O–H groups in total. The Kier molecular flexibility index (Phi) is 6.29. The first-order chi connectivity index (χ1) is 14.0. The molecule has 7 nitrogen and oxygen atoms in total. The van der Waals surface area contributed by atoms with Gasteiger partial charge in [0.1, 0.15) is 35.7 Å². The van der Waals surface area contributed by atoms with E-state index in [0.29, 0.717) is 17.2 Å². The average molecular weight is 433 g/mol. The lowest BCUT2D eigenvalue weighted by atomic mass is 9.99. The van der Waals surface area contributed by atoms with Gasteiger partial charge >= 0.3 is 6.18 Å². The molecule has 30 heavy (non-hydrogen) atoms. The smallest absolute Gasteiger partial charge is 0.420 e. The van der Waals surface area contributed by atoms with Crippen LogP contribution in [0.15, 0.2) is 30.5 Å². The first-order valence-corrected chi connectivity index (χ1v) is 8.84. The molecule has 3 rings (SSSR count). The van der Waals surface area contributed by atoms with Crippen molar-refractivity contribution in [3.05, 3.63) is 47.5 Å². The van der Waals surface area contributed by atoms with Gasteiger partial charge in [-0.25, -0.2) is 4.98 Å². The number of aliphatic hydroxyl groups excluding tert-OH is 4. The maximum Gasteiger partial charge on any atom is 0.420 e. The van der Waals surface area contributed by atoms with Crippen molar-refractivity contribution in [3.8, 4) is 16.9 Å². The zero-order chi connectivity index (χ0) is 22.2. The third-order valence-electron chi connectivity index (χ3n) is 4.74. The molecule has 0 bridgehead atoms. The van der Waals surface area contributed by atoms with E-state index in [1.807, 2.05) is 0 Å². The number of nitrogens with zero attached hydrogens (tertiary/aromatic N) is 1. The Hall–Kier alpha value is -2.31. The fourth-order valence-corrected chi connectivity index (χ4v) is 3.06. The second-order valence-electron chi connectivity index (χ2n) is 6.86. The standard InChI is InChI=1S/C19H19F4NO6/c1-8-4-9(10-5-11(19(21,22)23)17(20)24-6-10)2-3-12(8)29-18-16(28)15(27)14(26)13(7-25)30-18/h2-6,13-16,18,25-28H,7H2,1H3/t13-,14-,15+,16+,18+/m1/s1. The zero-order valence-corrected chi connectivity index (χ0v) is 15.5. The number of benzene rings is 1. The molecule has 0 saturated carbocycles. The summed E-state index contributed by atoms with van der Waals surface area (Å²) in [6, 6.07) is 4.91. The Morgan fingerprint density at radius 1 is 1.07 bits per heavy atom. The van der Waals surface area contributed by atoms with Gasteiger partial charge in [0.05, 0.1) is 6.61 Å². The average Bonchev–Trinajstić information content (AvgIpc) is 2.69. The molecule has 1 aliphatic rings. The van der Waals surface area contributed by atoms with E-state index in [1.165, 1.54) is 18.2 Å². The summed E-state index contributed by atoms with van der Waals surface area (Å²) in [6.45, 7) is 0.951. The van der Waals surface area contributed by atoms with E-state index >= 15 is 0 Å². The molecule has 1 aromatic carbocycles. The maximum absolute atomic E-state index is 13.4. The van der Waals surface area contributed by atoms with Gasteiger partial charge in [-0.1, -0.05) is 6.07 Å². The lowest BCUT2D eigenvalue weighted by Crippen LogP contribution is -2.60. The van der Waals surface area contributed by atoms with Crippen molar-refractivity contribution in [1.82, 2.24) is 4.98 Å². The molecular formula is C19H19F4NO6. The largest absolute Gasteiger partial charge is 0.462 e. The molecule has 11 heteroatoms. The van der Waals surface area contributed by atoms with Crippen LogP contribution in [0.1, 0.15) is 11.1 Å². The van der Waals surface area contributed by atoms with E-state index in [1.54, 1.807) is 6.92 Å². The number of hydrogen-bond donors (Lipinski definition) is 4. The molecular weight excluding hydrogens is 414 g/mol. The first kappa shape index (κ1) is 22.4. The predicted molar refractivity (Wildman–Crippen MR) is 93.8 cm³/mol. The van der Waals surface area contributed by atoms with Crippen LogP contribution >= 0.6 is 0 Å². The minimum absolute atomic E-state index is 0.0335. The Bertz CT molecular complexity index is 907. The van der Waals surface area contributed by atoms with Crippen LogP contribution < -0.4 is 4.74 Å². The molecule has 1 saturated heterocycles. The number of pyridine rings is 1. The second-order valence-corrected chi connectivity index (χ2v) is 6.86. The van der Waals surface area contributed by atoms with Gasteiger partial charge in [0, 0.05) is 11.8 Å². The molecule has 5 atom stereocenters. The molecule has 0 amide bonds. The van der Waals surface area contributed by atoms with E-state index in [0.717, 1.165) is 6.20 Å². The summed E-state index contributed by atoms with van der Waals surface area (Å²) in [5.41, 5.74) is -0.709. The Morgan fingerprint density at radius 2 is 1.77 bits per heavy atom. The third kappa shape index (κ3) is 4.40. The van der Waals surface area contributed by atoms with Crippen molar-refractivity contribution in [2.24, 2.45) is 0 Å². The molecule has 1 aliphatic heterocycles. The number of aliphatic hydroxyl groups is 4. The summed E-state index contributed by atoms with van der Waals surface area (Å²) in [7, 11) is 0. The van der Waals surface area contributed by atoms with Crippen molar-refractivity contribution >= 4 is 0 Å². The predicted octanol–water partition coefficient (Wildman–Crippen LogP) is 1.39. The highest BCUT2D eigenvalue weighted by atomic mass is 19.4. The van der Waals surface area contributed by atoms with Gasteiger partial charge in [-0.15, -0.1) is 0 Å². The number of aromatic nitrogens is 1. The van der Waals surface area contributed by atoms with Gasteiger partial charge in [0.2, 0.25) is 12.2 Å². The van der Waals surface area contributed by atoms with Crippen LogP contribution in [-0.2, 0) is 10.9 Å². The van der Waals surface area contributed by atoms with Gasteiger partial charge < -0.3 is 29.9 Å². The van der Waals surface area contributed by atoms with Gasteiger partial charge in [0.25, 0.3) is 0 Å². The van der Waals surface area contributed by atoms with Gasteiger partial charge in [-0.3, -0.25) is 0 Å². The Balaban J connectivity index is 1.84. The Labute approximate surface area is 168 Å². The zero-order valence-electron chi connectivity index (χ0n) is 15.5. The summed E-state index contributed by atoms with van der Waals surface area (Å²) in [5, 5.41) is 38.9. The molecule has 0 unspecified atom stereocenters. The molecule has 1 fully saturated rings. The summed E-state index contributed by atoms with van der Waals surface area (Å²) in [4.78, 5) is 3.16. The SMILES string of the molecule is Cc1cc(-c2cnc(F)c(C(F)(F)F)c2)ccc1O[C@H]1O[C@H](CO)[C@@H](O)[C@H](O)[C@@H]1O. The lowest BCUT2D eigenvalue weighted by Gasteiger charge is -2.39. The molecule has 0 spiro atoms. The number of aryl methyl sites for hydroxylation is 1. The highest BCUT2D eigenvalue weighted by molar-refractivity contribution is 5.65. The maximum atomic E-state index is 13.4. The summed E-state index contributed by atoms with van der Waals surface area (Å²) in [5.74, 6) is -1.44. The summed E-state index contributed by atoms with van der Waals surface area (Å²) < 4.78 is 62.9. The van der Waals surface area contributed by atoms with E-state index < -0.39 is 55.0 Å². The monoisotopic (exact) mass is 433 g/mol. The van der Waals surface area contributed by atoms with Crippen molar-refractivity contribution < 1.29 is 47.5 Å². The highest BCUT2D eigenvalue weighted by Gasteiger charge is 2.44. The Morgan fingerprint density at radius 3 is 2.37 bits per heavy atom. The molecule has 0 radical (unpaired) electrons. The van der Waals surface area contributed by atoms with Crippen LogP contribution in [0.5, 0.6) is 5.75 Å². The van der Waals surface area contributed by atoms with Crippen LogP contribution in [0.25, 0.3) is 11.1 Å². The van der Waals surface area contributed by atoms with Crippen LogP contribution in [0, 0.1) is 12.9 Å². The van der Waals surface area contributed by atoms with E-state index in [4.69, 9.17) is 9.47 Å². The van der Waals surface area contributed by atoms with Gasteiger partial charge in [-0.05, 0) is 36.2 Å². The minimum Gasteiger partial charge on any atom is -0.462 e. The van der Waals surface area contributed by atoms with Crippen LogP contribution in [0.2, 0.25) is 0 Å². The number of rotatable bonds is 4. The van der Waals surface area contributed by atoms with E-state index in [2.05, 4.69) is 4.98 Å². The third-order valence-corrected chi connectivity index (χ3v) is 4.74. The quantitative estimate of drug-likeness (QED) is 0.426. The normalized spacial score (nSPS) is 27.2. The van der Waals surface area contributed by atoms with E-state index in [-0.39, 0.29) is 11.3 Å². The summed E-state index contributed by atoms with van der Waals surface area (Å²) in [6.07, 6.45) is -11.3.